The Morgan fingerprint density at radius 2 is 1.85 bits per heavy atom. The predicted octanol–water partition coefficient (Wildman–Crippen LogP) is 1.18. The lowest BCUT2D eigenvalue weighted by atomic mass is 9.80. The molecule has 0 atom stereocenters. The molecule has 1 aliphatic carbocycles. The Labute approximate surface area is 160 Å². The van der Waals surface area contributed by atoms with Crippen LogP contribution in [-0.4, -0.2) is 61.9 Å². The van der Waals surface area contributed by atoms with Gasteiger partial charge in [0.15, 0.2) is 0 Å². The van der Waals surface area contributed by atoms with E-state index in [9.17, 15) is 0 Å². The molecule has 1 saturated heterocycles. The first-order valence-corrected chi connectivity index (χ1v) is 10.1. The van der Waals surface area contributed by atoms with Crippen LogP contribution in [0.25, 0.3) is 0 Å². The molecular formula is C19H30N8. The second-order valence-electron chi connectivity index (χ2n) is 7.63. The second-order valence-corrected chi connectivity index (χ2v) is 7.63. The maximum Gasteiger partial charge on any atom is 0.147 e. The lowest BCUT2D eigenvalue weighted by Crippen LogP contribution is -2.46. The lowest BCUT2D eigenvalue weighted by molar-refractivity contribution is 0.239. The molecule has 27 heavy (non-hydrogen) atoms. The smallest absolute Gasteiger partial charge is 0.147 e. The average molecular weight is 371 g/mol. The molecule has 0 aromatic carbocycles. The fraction of sp³-hybridized carbons (Fsp3) is 0.684. The van der Waals surface area contributed by atoms with E-state index >= 15 is 0 Å². The molecule has 2 aromatic heterocycles. The molecule has 2 N–H and O–H groups in total. The summed E-state index contributed by atoms with van der Waals surface area (Å²) in [6.45, 7) is 10.0. The minimum absolute atomic E-state index is 0.337. The number of nitrogens with two attached hydrogens (primary N) is 1. The summed E-state index contributed by atoms with van der Waals surface area (Å²) in [7, 11) is 0. The summed E-state index contributed by atoms with van der Waals surface area (Å²) in [6.07, 6.45) is 4.69. The summed E-state index contributed by atoms with van der Waals surface area (Å²) in [4.78, 5) is 13.6. The number of aryl methyl sites for hydroxylation is 1. The van der Waals surface area contributed by atoms with E-state index in [-0.39, 0.29) is 0 Å². The fourth-order valence-corrected chi connectivity index (χ4v) is 4.07. The van der Waals surface area contributed by atoms with Crippen LogP contribution in [0.5, 0.6) is 0 Å². The molecule has 0 bridgehead atoms. The third-order valence-corrected chi connectivity index (χ3v) is 5.84. The molecule has 1 aliphatic heterocycles. The van der Waals surface area contributed by atoms with Crippen LogP contribution in [-0.2, 0) is 19.5 Å². The van der Waals surface area contributed by atoms with Crippen LogP contribution in [0.4, 0.5) is 5.82 Å². The minimum atomic E-state index is 0.337. The Morgan fingerprint density at radius 1 is 1.07 bits per heavy atom. The summed E-state index contributed by atoms with van der Waals surface area (Å²) >= 11 is 0. The highest BCUT2D eigenvalue weighted by Gasteiger charge is 2.32. The van der Waals surface area contributed by atoms with Gasteiger partial charge in [-0.1, -0.05) is 6.92 Å². The second kappa shape index (κ2) is 7.90. The van der Waals surface area contributed by atoms with Gasteiger partial charge in [0.05, 0.1) is 6.54 Å². The van der Waals surface area contributed by atoms with Crippen molar-refractivity contribution in [3.8, 4) is 0 Å². The van der Waals surface area contributed by atoms with E-state index < -0.39 is 0 Å². The zero-order valence-corrected chi connectivity index (χ0v) is 16.4. The van der Waals surface area contributed by atoms with E-state index in [1.807, 2.05) is 0 Å². The normalized spacial score (nSPS) is 23.4. The third kappa shape index (κ3) is 3.82. The first-order valence-electron chi connectivity index (χ1n) is 10.1. The van der Waals surface area contributed by atoms with Crippen LogP contribution in [0.3, 0.4) is 0 Å². The van der Waals surface area contributed by atoms with Crippen LogP contribution < -0.4 is 10.6 Å². The fourth-order valence-electron chi connectivity index (χ4n) is 4.07. The summed E-state index contributed by atoms with van der Waals surface area (Å²) in [6, 6.07) is 2.45. The Morgan fingerprint density at radius 3 is 2.52 bits per heavy atom. The maximum atomic E-state index is 5.95. The maximum absolute atomic E-state index is 5.95. The van der Waals surface area contributed by atoms with Crippen molar-refractivity contribution in [2.24, 2.45) is 5.73 Å². The number of nitrogens with zero attached hydrogens (tertiary/aromatic N) is 7. The van der Waals surface area contributed by atoms with Gasteiger partial charge in [-0.3, -0.25) is 4.90 Å². The van der Waals surface area contributed by atoms with E-state index in [1.165, 1.54) is 0 Å². The van der Waals surface area contributed by atoms with Gasteiger partial charge in [0.25, 0.3) is 0 Å². The molecule has 2 aromatic rings. The first kappa shape index (κ1) is 18.3. The number of rotatable bonds is 6. The Hall–Kier alpha value is -2.06. The standard InChI is InChI=1S/C19H30N8/c1-3-16-11-17(22-13-21-16)26-7-5-25(6-8-26)12-18-23-24-19(27(18)4-2)14-9-15(20)10-14/h11,13-15H,3-10,12,20H2,1-2H3. The molecular weight excluding hydrogens is 340 g/mol. The van der Waals surface area contributed by atoms with Crippen molar-refractivity contribution in [1.82, 2.24) is 29.6 Å². The number of piperazine rings is 1. The zero-order chi connectivity index (χ0) is 18.8. The number of hydrogen-bond donors (Lipinski definition) is 1. The molecule has 2 aliphatic rings. The van der Waals surface area contributed by atoms with Crippen molar-refractivity contribution in [2.75, 3.05) is 31.1 Å². The van der Waals surface area contributed by atoms with E-state index in [2.05, 4.69) is 54.4 Å². The molecule has 1 saturated carbocycles. The molecule has 8 heteroatoms. The Bertz CT molecular complexity index is 759. The van der Waals surface area contributed by atoms with Crippen molar-refractivity contribution in [3.05, 3.63) is 29.7 Å². The molecule has 3 heterocycles. The van der Waals surface area contributed by atoms with E-state index in [1.54, 1.807) is 6.33 Å². The summed E-state index contributed by atoms with van der Waals surface area (Å²) in [5.41, 5.74) is 7.05. The Balaban J connectivity index is 1.36. The molecule has 8 nitrogen and oxygen atoms in total. The molecule has 4 rings (SSSR count). The number of hydrogen-bond acceptors (Lipinski definition) is 7. The topological polar surface area (TPSA) is 89.0 Å². The monoisotopic (exact) mass is 370 g/mol. The molecule has 2 fully saturated rings. The van der Waals surface area contributed by atoms with Gasteiger partial charge in [0.1, 0.15) is 23.8 Å². The molecule has 0 spiro atoms. The van der Waals surface area contributed by atoms with Crippen molar-refractivity contribution in [2.45, 2.75) is 58.2 Å². The van der Waals surface area contributed by atoms with Crippen LogP contribution in [0, 0.1) is 0 Å². The number of anilines is 1. The van der Waals surface area contributed by atoms with Gasteiger partial charge < -0.3 is 15.2 Å². The van der Waals surface area contributed by atoms with Crippen LogP contribution in [0.2, 0.25) is 0 Å². The summed E-state index contributed by atoms with van der Waals surface area (Å²) < 4.78 is 2.29. The quantitative estimate of drug-likeness (QED) is 0.816. The van der Waals surface area contributed by atoms with Gasteiger partial charge in [0.2, 0.25) is 0 Å². The van der Waals surface area contributed by atoms with Gasteiger partial charge in [-0.15, -0.1) is 10.2 Å². The van der Waals surface area contributed by atoms with Gasteiger partial charge >= 0.3 is 0 Å². The minimum Gasteiger partial charge on any atom is -0.354 e. The Kier molecular flexibility index (Phi) is 5.36. The van der Waals surface area contributed by atoms with E-state index in [0.717, 1.165) is 81.7 Å². The summed E-state index contributed by atoms with van der Waals surface area (Å²) in [5.74, 6) is 3.74. The molecule has 146 valence electrons. The van der Waals surface area contributed by atoms with Crippen molar-refractivity contribution < 1.29 is 0 Å². The highest BCUT2D eigenvalue weighted by Crippen LogP contribution is 2.34. The van der Waals surface area contributed by atoms with Gasteiger partial charge in [-0.05, 0) is 26.2 Å². The molecule has 0 amide bonds. The SMILES string of the molecule is CCc1cc(N2CCN(Cc3nnc(C4CC(N)C4)n3CC)CC2)ncn1. The van der Waals surface area contributed by atoms with Crippen LogP contribution >= 0.6 is 0 Å². The largest absolute Gasteiger partial charge is 0.354 e. The highest BCUT2D eigenvalue weighted by molar-refractivity contribution is 5.39. The number of aromatic nitrogens is 5. The van der Waals surface area contributed by atoms with Crippen molar-refractivity contribution in [3.63, 3.8) is 0 Å². The van der Waals surface area contributed by atoms with E-state index in [4.69, 9.17) is 5.73 Å². The highest BCUT2D eigenvalue weighted by atomic mass is 15.3. The first-order chi connectivity index (χ1) is 13.2. The van der Waals surface area contributed by atoms with Gasteiger partial charge in [-0.25, -0.2) is 9.97 Å². The molecule has 0 unspecified atom stereocenters. The predicted molar refractivity (Wildman–Crippen MR) is 105 cm³/mol. The van der Waals surface area contributed by atoms with Gasteiger partial charge in [-0.2, -0.15) is 0 Å². The average Bonchev–Trinajstić information content (AvgIpc) is 3.08. The van der Waals surface area contributed by atoms with Crippen LogP contribution in [0.15, 0.2) is 12.4 Å². The molecule has 0 radical (unpaired) electrons. The van der Waals surface area contributed by atoms with Crippen molar-refractivity contribution >= 4 is 5.82 Å². The lowest BCUT2D eigenvalue weighted by Gasteiger charge is -2.35. The summed E-state index contributed by atoms with van der Waals surface area (Å²) in [5, 5.41) is 9.00. The van der Waals surface area contributed by atoms with Crippen LogP contribution in [0.1, 0.15) is 49.9 Å². The van der Waals surface area contributed by atoms with Gasteiger partial charge in [0, 0.05) is 56.4 Å². The third-order valence-electron chi connectivity index (χ3n) is 5.84. The van der Waals surface area contributed by atoms with Crippen molar-refractivity contribution in [1.29, 1.82) is 0 Å². The zero-order valence-electron chi connectivity index (χ0n) is 16.4. The van der Waals surface area contributed by atoms with E-state index in [0.29, 0.717) is 12.0 Å².